The topological polar surface area (TPSA) is 24.9 Å². The van der Waals surface area contributed by atoms with Crippen LogP contribution in [-0.4, -0.2) is 6.71 Å². The molecule has 0 radical (unpaired) electrons. The van der Waals surface area contributed by atoms with Crippen LogP contribution in [0.25, 0.3) is 22.3 Å². The quantitative estimate of drug-likeness (QED) is 0.101. The Balaban J connectivity index is 0.895. The lowest BCUT2D eigenvalue weighted by atomic mass is 9.34. The highest BCUT2D eigenvalue weighted by molar-refractivity contribution is 6.98. The van der Waals surface area contributed by atoms with E-state index in [1.54, 1.807) is 0 Å². The van der Waals surface area contributed by atoms with Crippen molar-refractivity contribution in [3.8, 4) is 45.3 Å². The Hall–Kier alpha value is -10.9. The predicted molar refractivity (Wildman–Crippen MR) is 376 cm³/mol. The van der Waals surface area contributed by atoms with E-state index in [4.69, 9.17) is 9.47 Å². The zero-order chi connectivity index (χ0) is 60.6. The Labute approximate surface area is 534 Å². The van der Waals surface area contributed by atoms with E-state index in [-0.39, 0.29) is 6.71 Å². The van der Waals surface area contributed by atoms with Crippen molar-refractivity contribution in [2.24, 2.45) is 0 Å². The van der Waals surface area contributed by atoms with Crippen LogP contribution in [0.5, 0.6) is 23.0 Å². The number of para-hydroxylation sites is 2. The van der Waals surface area contributed by atoms with Crippen LogP contribution < -0.4 is 35.7 Å². The molecule has 5 heteroatoms. The van der Waals surface area contributed by atoms with Gasteiger partial charge >= 0.3 is 0 Å². The number of anilines is 6. The van der Waals surface area contributed by atoms with Gasteiger partial charge in [-0.1, -0.05) is 239 Å². The lowest BCUT2D eigenvalue weighted by Crippen LogP contribution is -2.58. The average molecular weight is 1170 g/mol. The largest absolute Gasteiger partial charge is 0.458 e. The van der Waals surface area contributed by atoms with Crippen molar-refractivity contribution >= 4 is 57.2 Å². The molecular formula is C86H65BN2O2. The summed E-state index contributed by atoms with van der Waals surface area (Å²) in [5, 5.41) is 0. The average Bonchev–Trinajstić information content (AvgIpc) is 1.58. The van der Waals surface area contributed by atoms with Crippen LogP contribution in [0.15, 0.2) is 309 Å². The second-order valence-corrected chi connectivity index (χ2v) is 24.8. The molecule has 0 saturated heterocycles. The summed E-state index contributed by atoms with van der Waals surface area (Å²) < 4.78 is 14.6. The van der Waals surface area contributed by atoms with Gasteiger partial charge in [-0.05, 0) is 199 Å². The molecule has 91 heavy (non-hydrogen) atoms. The Bertz CT molecular complexity index is 4500. The van der Waals surface area contributed by atoms with Crippen LogP contribution in [-0.2, 0) is 23.7 Å². The molecule has 434 valence electrons. The van der Waals surface area contributed by atoms with E-state index >= 15 is 0 Å². The molecule has 2 heterocycles. The number of rotatable bonds is 14. The Morgan fingerprint density at radius 3 is 0.956 bits per heavy atom. The van der Waals surface area contributed by atoms with Gasteiger partial charge in [-0.15, -0.1) is 0 Å². The van der Waals surface area contributed by atoms with Gasteiger partial charge in [0.2, 0.25) is 0 Å². The second kappa shape index (κ2) is 22.0. The maximum atomic E-state index is 7.32. The normalized spacial score (nSPS) is 13.7. The Kier molecular flexibility index (Phi) is 13.1. The molecule has 4 aliphatic rings. The third-order valence-electron chi connectivity index (χ3n) is 19.7. The first kappa shape index (κ1) is 54.3. The Morgan fingerprint density at radius 1 is 0.286 bits per heavy atom. The fourth-order valence-electron chi connectivity index (χ4n) is 15.9. The second-order valence-electron chi connectivity index (χ2n) is 24.8. The van der Waals surface area contributed by atoms with Crippen LogP contribution in [0.2, 0.25) is 0 Å². The molecule has 0 fully saturated rings. The number of fused-ring (bicyclic) bond motifs is 10. The summed E-state index contributed by atoms with van der Waals surface area (Å²) >= 11 is 0. The van der Waals surface area contributed by atoms with Gasteiger partial charge in [0, 0.05) is 39.6 Å². The maximum absolute atomic E-state index is 7.32. The fourth-order valence-corrected chi connectivity index (χ4v) is 15.9. The van der Waals surface area contributed by atoms with Crippen molar-refractivity contribution in [1.82, 2.24) is 0 Å². The highest BCUT2D eigenvalue weighted by Gasteiger charge is 2.52. The summed E-state index contributed by atoms with van der Waals surface area (Å²) in [5.41, 5.74) is 25.4. The highest BCUT2D eigenvalue weighted by Crippen LogP contribution is 2.61. The molecule has 0 atom stereocenters. The maximum Gasteiger partial charge on any atom is 0.260 e. The number of ether oxygens (including phenoxy) is 2. The SMILES string of the molecule is CCCc1ccc(N(c2ccccc2)c2ccc3c(c2)C(c2ccccc2)(c2ccccc2)c2cc4c(cc2-3)Oc2cccc3c2B4c2cc4c(cc2O3)-c2ccc(N(c3ccccc3)c3ccc(CCC)cc3)cc2C4(c2ccccc2)c2ccccc2)cc1. The summed E-state index contributed by atoms with van der Waals surface area (Å²) in [6.45, 7) is 4.24. The Morgan fingerprint density at radius 2 is 0.604 bits per heavy atom. The number of aryl methyl sites for hydroxylation is 2. The van der Waals surface area contributed by atoms with Gasteiger partial charge in [-0.25, -0.2) is 0 Å². The predicted octanol–water partition coefficient (Wildman–Crippen LogP) is 20.0. The van der Waals surface area contributed by atoms with E-state index in [9.17, 15) is 0 Å². The lowest BCUT2D eigenvalue weighted by Gasteiger charge is -2.38. The molecule has 0 aromatic heterocycles. The molecule has 0 saturated carbocycles. The van der Waals surface area contributed by atoms with Gasteiger partial charge in [0.05, 0.1) is 10.8 Å². The number of hydrogen-bond acceptors (Lipinski definition) is 4. The van der Waals surface area contributed by atoms with Gasteiger partial charge in [-0.2, -0.15) is 0 Å². The molecule has 0 spiro atoms. The van der Waals surface area contributed by atoms with E-state index in [1.807, 2.05) is 0 Å². The van der Waals surface area contributed by atoms with Gasteiger partial charge in [-0.3, -0.25) is 0 Å². The van der Waals surface area contributed by atoms with Gasteiger partial charge < -0.3 is 19.3 Å². The van der Waals surface area contributed by atoms with Crippen LogP contribution in [0.4, 0.5) is 34.1 Å². The van der Waals surface area contributed by atoms with Crippen molar-refractivity contribution in [3.05, 3.63) is 365 Å². The van der Waals surface area contributed by atoms with E-state index in [0.29, 0.717) is 0 Å². The summed E-state index contributed by atoms with van der Waals surface area (Å²) in [4.78, 5) is 4.83. The molecule has 17 rings (SSSR count). The summed E-state index contributed by atoms with van der Waals surface area (Å²) in [5.74, 6) is 3.32. The van der Waals surface area contributed by atoms with E-state index in [2.05, 4.69) is 333 Å². The zero-order valence-electron chi connectivity index (χ0n) is 51.1. The summed E-state index contributed by atoms with van der Waals surface area (Å²) in [6, 6.07) is 115. The molecule has 0 amide bonds. The van der Waals surface area contributed by atoms with Crippen molar-refractivity contribution in [3.63, 3.8) is 0 Å². The standard InChI is InChI=1S/C86H65BN2O2/c1-3-24-58-40-44-66(45-41-58)88(64-34-19-9-20-35-64)68-48-50-70-72-54-82-78(56-76(72)85(74(70)52-68,60-26-11-5-12-27-60)61-28-13-6-14-29-61)87-79-57-77-73(55-83(79)91-81-39-23-38-80(90-82)84(81)87)71-51-49-69(89(65-36-21-10-22-37-65)67-46-42-59(25-4-2)43-47-67)53-75(71)86(77,62-30-15-7-16-31-62)63-32-17-8-18-33-63/h5-23,26-57H,3-4,24-25H2,1-2H3. The fraction of sp³-hybridized carbons (Fsp3) is 0.0930. The zero-order valence-corrected chi connectivity index (χ0v) is 51.1. The third-order valence-corrected chi connectivity index (χ3v) is 19.7. The molecule has 0 unspecified atom stereocenters. The van der Waals surface area contributed by atoms with Gasteiger partial charge in [0.1, 0.15) is 23.0 Å². The number of benzene rings is 13. The molecule has 2 aliphatic heterocycles. The first-order chi connectivity index (χ1) is 45.0. The summed E-state index contributed by atoms with van der Waals surface area (Å²) in [6.07, 6.45) is 4.29. The molecule has 0 bridgehead atoms. The number of hydrogen-bond donors (Lipinski definition) is 0. The van der Waals surface area contributed by atoms with Crippen LogP contribution in [0, 0.1) is 0 Å². The highest BCUT2D eigenvalue weighted by atomic mass is 16.5. The van der Waals surface area contributed by atoms with Crippen molar-refractivity contribution in [2.75, 3.05) is 9.80 Å². The van der Waals surface area contributed by atoms with Crippen LogP contribution in [0.1, 0.15) is 82.3 Å². The number of nitrogens with zero attached hydrogens (tertiary/aromatic N) is 2. The van der Waals surface area contributed by atoms with E-state index < -0.39 is 10.8 Å². The minimum atomic E-state index is -0.738. The first-order valence-electron chi connectivity index (χ1n) is 32.3. The molecule has 13 aromatic carbocycles. The lowest BCUT2D eigenvalue weighted by molar-refractivity contribution is 0.464. The molecule has 2 aliphatic carbocycles. The molecule has 0 N–H and O–H groups in total. The molecule has 13 aromatic rings. The smallest absolute Gasteiger partial charge is 0.260 e. The summed E-state index contributed by atoms with van der Waals surface area (Å²) in [7, 11) is 0. The van der Waals surface area contributed by atoms with Crippen molar-refractivity contribution in [1.29, 1.82) is 0 Å². The molecule has 4 nitrogen and oxygen atoms in total. The van der Waals surface area contributed by atoms with Gasteiger partial charge in [0.25, 0.3) is 6.71 Å². The third kappa shape index (κ3) is 8.51. The minimum absolute atomic E-state index is 0.255. The minimum Gasteiger partial charge on any atom is -0.458 e. The van der Waals surface area contributed by atoms with E-state index in [0.717, 1.165) is 110 Å². The van der Waals surface area contributed by atoms with Gasteiger partial charge in [0.15, 0.2) is 0 Å². The van der Waals surface area contributed by atoms with E-state index in [1.165, 1.54) is 66.8 Å². The van der Waals surface area contributed by atoms with Crippen LogP contribution >= 0.6 is 0 Å². The van der Waals surface area contributed by atoms with Crippen molar-refractivity contribution in [2.45, 2.75) is 50.4 Å². The van der Waals surface area contributed by atoms with Crippen molar-refractivity contribution < 1.29 is 9.47 Å². The monoisotopic (exact) mass is 1170 g/mol. The molecular weight excluding hydrogens is 1100 g/mol. The first-order valence-corrected chi connectivity index (χ1v) is 32.3. The van der Waals surface area contributed by atoms with Crippen LogP contribution in [0.3, 0.4) is 0 Å².